The summed E-state index contributed by atoms with van der Waals surface area (Å²) in [5.74, 6) is 0.922. The van der Waals surface area contributed by atoms with Crippen LogP contribution in [0, 0.1) is 23.4 Å². The molecule has 327 valence electrons. The van der Waals surface area contributed by atoms with Crippen LogP contribution in [0.5, 0.6) is 0 Å². The van der Waals surface area contributed by atoms with E-state index in [0.29, 0.717) is 5.56 Å². The first-order chi connectivity index (χ1) is 31.7. The van der Waals surface area contributed by atoms with Gasteiger partial charge in [0, 0.05) is 45.9 Å². The summed E-state index contributed by atoms with van der Waals surface area (Å²) in [6, 6.07) is 58.3. The van der Waals surface area contributed by atoms with Crippen molar-refractivity contribution in [3.8, 4) is 50.6 Å². The molecule has 10 aromatic rings. The van der Waals surface area contributed by atoms with Gasteiger partial charge < -0.3 is 14.0 Å². The third-order valence-electron chi connectivity index (χ3n) is 11.4. The van der Waals surface area contributed by atoms with Gasteiger partial charge in [-0.05, 0) is 105 Å². The van der Waals surface area contributed by atoms with Gasteiger partial charge in [-0.3, -0.25) is 9.37 Å². The minimum atomic E-state index is -1.45. The zero-order chi connectivity index (χ0) is 46.3. The Hall–Kier alpha value is -6.46. The Morgan fingerprint density at radius 2 is 1.37 bits per heavy atom. The standard InChI is InChI=1S/C48H45N2O.C11H7FN.Ir/c1-30(2)40-26-36(34-22-20-32(21-23-34)29-48(5,6)7)27-41(31(3)4)45(40)50-43-19-12-11-18-42(43)49-47(50)39-17-13-16-38-37-25-24-35(28-44(37)51-46(38)39)33-14-9-8-10-15-33;12-10-6-4-9(5-7-10)11-3-1-2-8-13-11;/h8-16,18-28,30-31H,29H2,1-7H3;1-4,6-8H;/q2*-1;/i29D2;;. The maximum atomic E-state index is 12.6. The molecule has 0 saturated heterocycles. The Morgan fingerprint density at radius 3 is 2.03 bits per heavy atom. The Labute approximate surface area is 398 Å². The topological polar surface area (TPSA) is 43.9 Å². The summed E-state index contributed by atoms with van der Waals surface area (Å²) in [7, 11) is 0. The molecule has 0 N–H and O–H groups in total. The first-order valence-electron chi connectivity index (χ1n) is 23.0. The molecule has 0 atom stereocenters. The van der Waals surface area contributed by atoms with E-state index in [-0.39, 0.29) is 37.8 Å². The third-order valence-corrected chi connectivity index (χ3v) is 11.4. The average molecular weight is 1030 g/mol. The molecule has 0 aliphatic rings. The molecule has 4 nitrogen and oxygen atoms in total. The third kappa shape index (κ3) is 9.52. The molecule has 3 aromatic heterocycles. The molecule has 0 saturated carbocycles. The molecule has 0 bridgehead atoms. The summed E-state index contributed by atoms with van der Waals surface area (Å²) in [4.78, 5) is 9.44. The number of imidazole rings is 1. The first kappa shape index (κ1) is 42.5. The second-order valence-corrected chi connectivity index (χ2v) is 17.9. The Bertz CT molecular complexity index is 3290. The second-order valence-electron chi connectivity index (χ2n) is 17.9. The van der Waals surface area contributed by atoms with E-state index in [1.807, 2.05) is 69.3 Å². The number of nitrogens with zero attached hydrogens (tertiary/aromatic N) is 3. The minimum absolute atomic E-state index is 0. The number of hydrogen-bond acceptors (Lipinski definition) is 3. The van der Waals surface area contributed by atoms with Gasteiger partial charge in [0.2, 0.25) is 0 Å². The molecule has 0 spiro atoms. The fourth-order valence-electron chi connectivity index (χ4n) is 8.39. The SMILES string of the molecule is Fc1c[c-]c(-c2ccccn2)cc1.[2H]C([2H])(c1ccc(-c2cc(C(C)C)c(-n3c(-c4[c-]ccc5c4oc4cc(-c6ccccc6)ccc45)nc4ccccc43)c(C(C)C)c2)cc1)C(C)(C)C.[Ir]. The second kappa shape index (κ2) is 18.9. The van der Waals surface area contributed by atoms with Crippen molar-refractivity contribution in [1.82, 2.24) is 14.5 Å². The Morgan fingerprint density at radius 1 is 0.692 bits per heavy atom. The molecule has 0 unspecified atom stereocenters. The number of fused-ring (bicyclic) bond motifs is 4. The maximum Gasteiger partial charge on any atom is 0.121 e. The van der Waals surface area contributed by atoms with Crippen LogP contribution in [0.15, 0.2) is 168 Å². The van der Waals surface area contributed by atoms with Crippen molar-refractivity contribution in [3.05, 3.63) is 199 Å². The average Bonchev–Trinajstić information content (AvgIpc) is 3.90. The number of aromatic nitrogens is 3. The van der Waals surface area contributed by atoms with E-state index in [1.165, 1.54) is 23.3 Å². The van der Waals surface area contributed by atoms with Gasteiger partial charge in [-0.15, -0.1) is 48.0 Å². The molecule has 0 aliphatic carbocycles. The fraction of sp³-hybridized carbons (Fsp3) is 0.186. The molecule has 0 aliphatic heterocycles. The number of para-hydroxylation sites is 2. The van der Waals surface area contributed by atoms with E-state index in [1.54, 1.807) is 12.3 Å². The molecule has 10 rings (SSSR count). The van der Waals surface area contributed by atoms with Crippen molar-refractivity contribution in [1.29, 1.82) is 0 Å². The molecule has 3 heterocycles. The van der Waals surface area contributed by atoms with Crippen molar-refractivity contribution in [3.63, 3.8) is 0 Å². The van der Waals surface area contributed by atoms with Gasteiger partial charge in [-0.1, -0.05) is 150 Å². The van der Waals surface area contributed by atoms with Crippen molar-refractivity contribution < 1.29 is 31.7 Å². The van der Waals surface area contributed by atoms with Gasteiger partial charge in [-0.2, -0.15) is 0 Å². The maximum absolute atomic E-state index is 12.6. The van der Waals surface area contributed by atoms with E-state index in [9.17, 15) is 4.39 Å². The van der Waals surface area contributed by atoms with Crippen LogP contribution in [0.4, 0.5) is 4.39 Å². The van der Waals surface area contributed by atoms with Crippen molar-refractivity contribution in [2.45, 2.75) is 66.7 Å². The van der Waals surface area contributed by atoms with Gasteiger partial charge in [0.05, 0.1) is 22.4 Å². The number of halogens is 1. The number of hydrogen-bond donors (Lipinski definition) is 0. The van der Waals surface area contributed by atoms with Crippen LogP contribution in [-0.2, 0) is 26.5 Å². The normalized spacial score (nSPS) is 12.3. The van der Waals surface area contributed by atoms with Crippen LogP contribution in [0.1, 0.15) is 79.7 Å². The number of furan rings is 1. The quantitative estimate of drug-likeness (QED) is 0.142. The van der Waals surface area contributed by atoms with Crippen LogP contribution in [0.25, 0.3) is 83.6 Å². The van der Waals surface area contributed by atoms with Gasteiger partial charge in [0.1, 0.15) is 5.58 Å². The van der Waals surface area contributed by atoms with E-state index in [0.717, 1.165) is 83.6 Å². The Kier molecular flexibility index (Phi) is 12.4. The largest absolute Gasteiger partial charge is 0.501 e. The molecule has 6 heteroatoms. The van der Waals surface area contributed by atoms with Crippen molar-refractivity contribution >= 4 is 33.0 Å². The summed E-state index contributed by atoms with van der Waals surface area (Å²) < 4.78 is 39.3. The van der Waals surface area contributed by atoms with Gasteiger partial charge in [-0.25, -0.2) is 0 Å². The fourth-order valence-corrected chi connectivity index (χ4v) is 8.39. The summed E-state index contributed by atoms with van der Waals surface area (Å²) in [6.07, 6.45) is 0.247. The van der Waals surface area contributed by atoms with Crippen molar-refractivity contribution in [2.75, 3.05) is 0 Å². The number of benzene rings is 7. The minimum Gasteiger partial charge on any atom is -0.501 e. The van der Waals surface area contributed by atoms with Gasteiger partial charge in [0.25, 0.3) is 0 Å². The zero-order valence-corrected chi connectivity index (χ0v) is 40.1. The number of rotatable bonds is 8. The van der Waals surface area contributed by atoms with E-state index >= 15 is 0 Å². The summed E-state index contributed by atoms with van der Waals surface area (Å²) in [5.41, 5.74) is 14.2. The smallest absolute Gasteiger partial charge is 0.121 e. The zero-order valence-electron chi connectivity index (χ0n) is 39.7. The number of pyridine rings is 1. The molecular formula is C59H52FIrN3O-2. The predicted octanol–water partition coefficient (Wildman–Crippen LogP) is 16.2. The van der Waals surface area contributed by atoms with Gasteiger partial charge >= 0.3 is 0 Å². The monoisotopic (exact) mass is 1030 g/mol. The molecule has 1 radical (unpaired) electrons. The molecule has 7 aromatic carbocycles. The van der Waals surface area contributed by atoms with E-state index in [4.69, 9.17) is 12.1 Å². The molecule has 65 heavy (non-hydrogen) atoms. The van der Waals surface area contributed by atoms with Crippen molar-refractivity contribution in [2.24, 2.45) is 5.41 Å². The molecule has 0 fully saturated rings. The summed E-state index contributed by atoms with van der Waals surface area (Å²) in [5, 5.41) is 2.10. The van der Waals surface area contributed by atoms with E-state index in [2.05, 4.69) is 140 Å². The summed E-state index contributed by atoms with van der Waals surface area (Å²) >= 11 is 0. The van der Waals surface area contributed by atoms with Crippen LogP contribution < -0.4 is 0 Å². The van der Waals surface area contributed by atoms with Crippen LogP contribution >= 0.6 is 0 Å². The Balaban J connectivity index is 0.000000374. The summed E-state index contributed by atoms with van der Waals surface area (Å²) in [6.45, 7) is 14.9. The van der Waals surface area contributed by atoms with E-state index < -0.39 is 11.8 Å². The van der Waals surface area contributed by atoms with Crippen LogP contribution in [0.3, 0.4) is 0 Å². The molecular weight excluding hydrogens is 978 g/mol. The van der Waals surface area contributed by atoms with Crippen LogP contribution in [0.2, 0.25) is 0 Å². The predicted molar refractivity (Wildman–Crippen MR) is 263 cm³/mol. The molecule has 0 amide bonds. The first-order valence-corrected chi connectivity index (χ1v) is 22.0. The van der Waals surface area contributed by atoms with Gasteiger partial charge in [0.15, 0.2) is 0 Å². The van der Waals surface area contributed by atoms with Crippen LogP contribution in [-0.4, -0.2) is 14.5 Å².